The molecular weight excluding hydrogens is 420 g/mol. The lowest BCUT2D eigenvalue weighted by molar-refractivity contribution is 0.0827. The van der Waals surface area contributed by atoms with Gasteiger partial charge in [-0.05, 0) is 56.0 Å². The third-order valence-corrected chi connectivity index (χ3v) is 6.59. The Labute approximate surface area is 192 Å². The van der Waals surface area contributed by atoms with Crippen molar-refractivity contribution in [3.8, 4) is 17.1 Å². The van der Waals surface area contributed by atoms with Crippen molar-refractivity contribution in [3.63, 3.8) is 0 Å². The smallest absolute Gasteiger partial charge is 0.407 e. The molecule has 2 N–H and O–H groups in total. The summed E-state index contributed by atoms with van der Waals surface area (Å²) in [6.07, 6.45) is 1.52. The number of anilines is 1. The fourth-order valence-corrected chi connectivity index (χ4v) is 4.97. The van der Waals surface area contributed by atoms with Crippen molar-refractivity contribution in [2.24, 2.45) is 0 Å². The minimum atomic E-state index is -0.893. The second kappa shape index (κ2) is 8.86. The minimum absolute atomic E-state index is 0.103. The van der Waals surface area contributed by atoms with Gasteiger partial charge in [0.25, 0.3) is 0 Å². The largest absolute Gasteiger partial charge is 0.507 e. The van der Waals surface area contributed by atoms with E-state index in [0.717, 1.165) is 48.1 Å². The van der Waals surface area contributed by atoms with Gasteiger partial charge in [-0.15, -0.1) is 0 Å². The number of fused-ring (bicyclic) bond motifs is 1. The van der Waals surface area contributed by atoms with Gasteiger partial charge in [-0.3, -0.25) is 4.90 Å². The molecule has 3 heterocycles. The molecule has 0 spiro atoms. The summed E-state index contributed by atoms with van der Waals surface area (Å²) in [4.78, 5) is 25.6. The number of phenols is 1. The monoisotopic (exact) mass is 448 g/mol. The van der Waals surface area contributed by atoms with Crippen molar-refractivity contribution in [2.75, 3.05) is 31.2 Å². The lowest BCUT2D eigenvalue weighted by Gasteiger charge is -2.41. The number of piperidine rings is 1. The van der Waals surface area contributed by atoms with Gasteiger partial charge >= 0.3 is 6.09 Å². The first kappa shape index (κ1) is 21.5. The van der Waals surface area contributed by atoms with Crippen LogP contribution in [0.3, 0.4) is 0 Å². The molecule has 0 bridgehead atoms. The first-order chi connectivity index (χ1) is 16.0. The van der Waals surface area contributed by atoms with E-state index in [1.54, 1.807) is 23.1 Å². The van der Waals surface area contributed by atoms with Crippen LogP contribution < -0.4 is 4.90 Å². The van der Waals surface area contributed by atoms with Gasteiger partial charge in [0.05, 0.1) is 29.8 Å². The summed E-state index contributed by atoms with van der Waals surface area (Å²) >= 11 is 0. The Hall–Kier alpha value is -3.39. The van der Waals surface area contributed by atoms with Crippen molar-refractivity contribution >= 4 is 22.8 Å². The molecule has 3 aromatic rings. The number of amides is 1. The van der Waals surface area contributed by atoms with Gasteiger partial charge in [-0.1, -0.05) is 18.2 Å². The molecule has 5 rings (SSSR count). The van der Waals surface area contributed by atoms with Crippen molar-refractivity contribution in [2.45, 2.75) is 38.3 Å². The summed E-state index contributed by atoms with van der Waals surface area (Å²) in [6, 6.07) is 12.9. The number of hydrogen-bond donors (Lipinski definition) is 2. The number of para-hydroxylation sites is 1. The number of ether oxygens (including phenoxy) is 1. The predicted molar refractivity (Wildman–Crippen MR) is 126 cm³/mol. The van der Waals surface area contributed by atoms with Gasteiger partial charge in [0.1, 0.15) is 11.6 Å². The van der Waals surface area contributed by atoms with Crippen LogP contribution >= 0.6 is 0 Å². The number of benzene rings is 2. The maximum absolute atomic E-state index is 12.2. The molecule has 1 aromatic heterocycles. The van der Waals surface area contributed by atoms with Crippen molar-refractivity contribution in [1.82, 2.24) is 14.9 Å². The zero-order valence-corrected chi connectivity index (χ0v) is 18.6. The average Bonchev–Trinajstić information content (AvgIpc) is 3.33. The first-order valence-electron chi connectivity index (χ1n) is 11.4. The van der Waals surface area contributed by atoms with Crippen molar-refractivity contribution in [3.05, 3.63) is 48.0 Å². The van der Waals surface area contributed by atoms with Crippen LogP contribution in [-0.2, 0) is 4.74 Å². The highest BCUT2D eigenvalue weighted by atomic mass is 16.5. The van der Waals surface area contributed by atoms with Crippen LogP contribution in [0, 0.1) is 6.92 Å². The maximum Gasteiger partial charge on any atom is 0.407 e. The molecule has 2 aliphatic heterocycles. The fraction of sp³-hybridized carbons (Fsp3) is 0.400. The van der Waals surface area contributed by atoms with Gasteiger partial charge in [0.15, 0.2) is 5.82 Å². The van der Waals surface area contributed by atoms with Crippen LogP contribution in [0.4, 0.5) is 10.6 Å². The third kappa shape index (κ3) is 4.18. The Balaban J connectivity index is 1.55. The summed E-state index contributed by atoms with van der Waals surface area (Å²) in [5.74, 6) is 1.36. The van der Waals surface area contributed by atoms with E-state index in [9.17, 15) is 15.0 Å². The van der Waals surface area contributed by atoms with Crippen LogP contribution in [0.1, 0.15) is 24.8 Å². The summed E-state index contributed by atoms with van der Waals surface area (Å²) in [5, 5.41) is 21.3. The van der Waals surface area contributed by atoms with E-state index in [1.807, 2.05) is 31.2 Å². The van der Waals surface area contributed by atoms with Gasteiger partial charge in [-0.25, -0.2) is 14.8 Å². The lowest BCUT2D eigenvalue weighted by Crippen LogP contribution is -2.54. The summed E-state index contributed by atoms with van der Waals surface area (Å²) < 4.78 is 5.47. The van der Waals surface area contributed by atoms with Gasteiger partial charge < -0.3 is 19.8 Å². The van der Waals surface area contributed by atoms with E-state index in [1.165, 1.54) is 0 Å². The number of hydrogen-bond acceptors (Lipinski definition) is 6. The maximum atomic E-state index is 12.2. The molecule has 2 fully saturated rings. The zero-order valence-electron chi connectivity index (χ0n) is 18.6. The molecule has 0 radical (unpaired) electrons. The summed E-state index contributed by atoms with van der Waals surface area (Å²) in [6.45, 7) is 4.42. The van der Waals surface area contributed by atoms with Crippen LogP contribution in [0.25, 0.3) is 22.3 Å². The van der Waals surface area contributed by atoms with E-state index in [4.69, 9.17) is 14.7 Å². The lowest BCUT2D eigenvalue weighted by atomic mass is 10.0. The molecule has 2 aliphatic rings. The highest BCUT2D eigenvalue weighted by molar-refractivity contribution is 5.92. The van der Waals surface area contributed by atoms with Crippen LogP contribution in [0.2, 0.25) is 0 Å². The Kier molecular flexibility index (Phi) is 5.76. The van der Waals surface area contributed by atoms with Crippen LogP contribution in [0.5, 0.6) is 5.75 Å². The van der Waals surface area contributed by atoms with Crippen molar-refractivity contribution in [1.29, 1.82) is 0 Å². The second-order valence-corrected chi connectivity index (χ2v) is 8.86. The molecule has 2 unspecified atom stereocenters. The number of carbonyl (C=O) groups is 1. The SMILES string of the molecule is Cc1ccc2c(N3CCCC(N(C(=O)O)C4CCOC4)C3)nc(-c3ccccc3O)nc2c1. The Morgan fingerprint density at radius 3 is 2.76 bits per heavy atom. The average molecular weight is 449 g/mol. The van der Waals surface area contributed by atoms with E-state index in [-0.39, 0.29) is 17.8 Å². The number of aromatic hydroxyl groups is 1. The molecule has 0 aliphatic carbocycles. The molecule has 172 valence electrons. The van der Waals surface area contributed by atoms with E-state index < -0.39 is 6.09 Å². The topological polar surface area (TPSA) is 99.0 Å². The first-order valence-corrected chi connectivity index (χ1v) is 11.4. The number of phenolic OH excluding ortho intramolecular Hbond substituents is 1. The summed E-state index contributed by atoms with van der Waals surface area (Å²) in [5.41, 5.74) is 2.47. The number of aryl methyl sites for hydroxylation is 1. The number of aromatic nitrogens is 2. The fourth-order valence-electron chi connectivity index (χ4n) is 4.97. The van der Waals surface area contributed by atoms with E-state index in [2.05, 4.69) is 4.90 Å². The Morgan fingerprint density at radius 1 is 1.15 bits per heavy atom. The molecule has 2 saturated heterocycles. The second-order valence-electron chi connectivity index (χ2n) is 8.86. The Morgan fingerprint density at radius 2 is 2.00 bits per heavy atom. The van der Waals surface area contributed by atoms with E-state index in [0.29, 0.717) is 31.1 Å². The van der Waals surface area contributed by atoms with Crippen LogP contribution in [0.15, 0.2) is 42.5 Å². The molecule has 8 heteroatoms. The van der Waals surface area contributed by atoms with Gasteiger partial charge in [-0.2, -0.15) is 0 Å². The molecule has 2 atom stereocenters. The number of nitrogens with zero attached hydrogens (tertiary/aromatic N) is 4. The highest BCUT2D eigenvalue weighted by Gasteiger charge is 2.36. The van der Waals surface area contributed by atoms with Crippen LogP contribution in [-0.4, -0.2) is 69.6 Å². The number of carboxylic acid groups (broad SMARTS) is 1. The Bertz CT molecular complexity index is 1180. The zero-order chi connectivity index (χ0) is 22.9. The molecule has 8 nitrogen and oxygen atoms in total. The standard InChI is InChI=1S/C25H28N4O4/c1-16-8-9-19-21(13-16)26-23(20-6-2-3-7-22(20)30)27-24(19)28-11-4-5-17(14-28)29(25(31)32)18-10-12-33-15-18/h2-3,6-9,13,17-18,30H,4-5,10-12,14-15H2,1H3,(H,31,32). The highest BCUT2D eigenvalue weighted by Crippen LogP contribution is 2.34. The molecule has 1 amide bonds. The third-order valence-electron chi connectivity index (χ3n) is 6.59. The number of rotatable bonds is 4. The summed E-state index contributed by atoms with van der Waals surface area (Å²) in [7, 11) is 0. The normalized spacial score (nSPS) is 20.8. The van der Waals surface area contributed by atoms with Gasteiger partial charge in [0, 0.05) is 25.1 Å². The quantitative estimate of drug-likeness (QED) is 0.621. The molecular formula is C25H28N4O4. The van der Waals surface area contributed by atoms with E-state index >= 15 is 0 Å². The molecule has 0 saturated carbocycles. The van der Waals surface area contributed by atoms with Crippen molar-refractivity contribution < 1.29 is 19.7 Å². The molecule has 2 aromatic carbocycles. The van der Waals surface area contributed by atoms with Gasteiger partial charge in [0.2, 0.25) is 0 Å². The molecule has 33 heavy (non-hydrogen) atoms. The predicted octanol–water partition coefficient (Wildman–Crippen LogP) is 4.05. The minimum Gasteiger partial charge on any atom is -0.507 e.